The molecular weight excluding hydrogens is 502 g/mol. The summed E-state index contributed by atoms with van der Waals surface area (Å²) in [6, 6.07) is 3.01. The van der Waals surface area contributed by atoms with Crippen LogP contribution >= 0.6 is 11.8 Å². The summed E-state index contributed by atoms with van der Waals surface area (Å²) in [6.07, 6.45) is 5.68. The first-order valence-electron chi connectivity index (χ1n) is 14.6. The average molecular weight is 548 g/mol. The van der Waals surface area contributed by atoms with Crippen LogP contribution in [0.15, 0.2) is 0 Å². The molecule has 38 heavy (non-hydrogen) atoms. The fourth-order valence-corrected chi connectivity index (χ4v) is 8.84. The molecule has 2 saturated carbocycles. The molecular formula is C28H45N5O4S. The summed E-state index contributed by atoms with van der Waals surface area (Å²) in [6.45, 7) is 8.34. The fourth-order valence-electron chi connectivity index (χ4n) is 7.43. The maximum absolute atomic E-state index is 13.6. The van der Waals surface area contributed by atoms with Gasteiger partial charge >= 0.3 is 0 Å². The predicted molar refractivity (Wildman–Crippen MR) is 146 cm³/mol. The number of nitriles is 1. The number of carbonyl (C=O) groups excluding carboxylic acids is 2. The lowest BCUT2D eigenvalue weighted by Gasteiger charge is -2.44. The molecule has 0 aromatic rings. The van der Waals surface area contributed by atoms with Gasteiger partial charge in [0.05, 0.1) is 30.3 Å². The van der Waals surface area contributed by atoms with Crippen molar-refractivity contribution in [3.63, 3.8) is 0 Å². The van der Waals surface area contributed by atoms with Crippen molar-refractivity contribution in [1.29, 1.82) is 5.26 Å². The average Bonchev–Trinajstić information content (AvgIpc) is 3.43. The Bertz CT molecular complexity index is 894. The third-order valence-electron chi connectivity index (χ3n) is 9.47. The van der Waals surface area contributed by atoms with Crippen molar-refractivity contribution in [3.05, 3.63) is 0 Å². The molecule has 2 amide bonds. The summed E-state index contributed by atoms with van der Waals surface area (Å²) < 4.78 is 11.7. The minimum Gasteiger partial charge on any atom is -0.381 e. The summed E-state index contributed by atoms with van der Waals surface area (Å²) in [5.41, 5.74) is -0.140. The Hall–Kier alpha value is -1.38. The van der Waals surface area contributed by atoms with Gasteiger partial charge in [-0.2, -0.15) is 5.26 Å². The molecule has 0 radical (unpaired) electrons. The van der Waals surface area contributed by atoms with Gasteiger partial charge in [0.2, 0.25) is 11.8 Å². The van der Waals surface area contributed by atoms with Crippen LogP contribution in [0.25, 0.3) is 0 Å². The summed E-state index contributed by atoms with van der Waals surface area (Å²) in [4.78, 5) is 28.6. The summed E-state index contributed by atoms with van der Waals surface area (Å²) >= 11 is 1.74. The largest absolute Gasteiger partial charge is 0.381 e. The molecule has 0 bridgehead atoms. The Morgan fingerprint density at radius 2 is 1.92 bits per heavy atom. The molecule has 9 atom stereocenters. The molecule has 2 aliphatic carbocycles. The van der Waals surface area contributed by atoms with Crippen LogP contribution in [0, 0.1) is 40.9 Å². The number of nitrogens with zero attached hydrogens (tertiary/aromatic N) is 2. The molecule has 9 unspecified atom stereocenters. The van der Waals surface area contributed by atoms with Crippen LogP contribution in [0.5, 0.6) is 0 Å². The number of methoxy groups -OCH3 is 1. The monoisotopic (exact) mass is 547 g/mol. The molecule has 9 nitrogen and oxygen atoms in total. The highest BCUT2D eigenvalue weighted by atomic mass is 32.2. The van der Waals surface area contributed by atoms with Crippen molar-refractivity contribution < 1.29 is 19.1 Å². The van der Waals surface area contributed by atoms with Gasteiger partial charge < -0.3 is 25.0 Å². The highest BCUT2D eigenvalue weighted by Crippen LogP contribution is 2.42. The van der Waals surface area contributed by atoms with E-state index in [2.05, 4.69) is 28.9 Å². The van der Waals surface area contributed by atoms with E-state index in [1.165, 1.54) is 0 Å². The number of likely N-dealkylation sites (tertiary alicyclic amines) is 1. The number of carbonyl (C=O) groups is 2. The number of ether oxygens (including phenoxy) is 2. The van der Waals surface area contributed by atoms with Crippen LogP contribution in [-0.4, -0.2) is 84.6 Å². The smallest absolute Gasteiger partial charge is 0.226 e. The standard InChI is InChI=1S/C28H45N5O4S/c1-15(2)37-19-9-18(10-19)27(35)33-13-23-25(14-33)38-28(31-23)32-26(34)22-12-30-16(3)7-20(22)21-8-17(11-29)5-6-24(21)36-4/h15-25,28,30-31H,5-10,12-14H2,1-4H3,(H,32,34). The third kappa shape index (κ3) is 6.02. The lowest BCUT2D eigenvalue weighted by molar-refractivity contribution is -0.145. The molecule has 0 aromatic heterocycles. The zero-order valence-electron chi connectivity index (χ0n) is 23.2. The normalized spacial score (nSPS) is 42.8. The number of nitrogens with one attached hydrogen (secondary N) is 3. The van der Waals surface area contributed by atoms with Gasteiger partial charge in [-0.25, -0.2) is 0 Å². The summed E-state index contributed by atoms with van der Waals surface area (Å²) in [5.74, 6) is 0.737. The fraction of sp³-hybridized carbons (Fsp3) is 0.893. The number of hydrogen-bond acceptors (Lipinski definition) is 8. The van der Waals surface area contributed by atoms with Gasteiger partial charge in [0.25, 0.3) is 0 Å². The number of rotatable bonds is 7. The minimum absolute atomic E-state index is 0.0472. The highest BCUT2D eigenvalue weighted by Gasteiger charge is 2.48. The van der Waals surface area contributed by atoms with Crippen molar-refractivity contribution in [2.75, 3.05) is 26.7 Å². The van der Waals surface area contributed by atoms with Crippen LogP contribution in [-0.2, 0) is 19.1 Å². The molecule has 3 N–H and O–H groups in total. The van der Waals surface area contributed by atoms with Crippen molar-refractivity contribution in [3.8, 4) is 6.07 Å². The maximum atomic E-state index is 13.6. The molecule has 5 rings (SSSR count). The van der Waals surface area contributed by atoms with Gasteiger partial charge in [0, 0.05) is 55.9 Å². The molecule has 212 valence electrons. The molecule has 3 heterocycles. The molecule has 5 aliphatic rings. The van der Waals surface area contributed by atoms with Crippen LogP contribution in [0.2, 0.25) is 0 Å². The van der Waals surface area contributed by atoms with Gasteiger partial charge in [-0.05, 0) is 71.1 Å². The molecule has 0 aromatic carbocycles. The Balaban J connectivity index is 1.13. The van der Waals surface area contributed by atoms with E-state index in [1.54, 1.807) is 18.9 Å². The number of amides is 2. The van der Waals surface area contributed by atoms with Crippen molar-refractivity contribution in [2.45, 2.75) is 100 Å². The van der Waals surface area contributed by atoms with E-state index in [1.807, 2.05) is 18.7 Å². The SMILES string of the molecule is COC1CCC(C#N)CC1C1CC(C)NCC1C(=O)NC1NC2CN(C(=O)C3CC(OC(C)C)C3)CC2S1. The lowest BCUT2D eigenvalue weighted by atomic mass is 9.66. The van der Waals surface area contributed by atoms with Crippen molar-refractivity contribution in [1.82, 2.24) is 20.9 Å². The molecule has 10 heteroatoms. The lowest BCUT2D eigenvalue weighted by Crippen LogP contribution is -2.55. The molecule has 3 saturated heterocycles. The van der Waals surface area contributed by atoms with E-state index < -0.39 is 0 Å². The van der Waals surface area contributed by atoms with Crippen LogP contribution in [0.3, 0.4) is 0 Å². The zero-order valence-corrected chi connectivity index (χ0v) is 24.0. The molecule has 0 spiro atoms. The molecule has 3 aliphatic heterocycles. The molecule has 5 fully saturated rings. The van der Waals surface area contributed by atoms with Gasteiger partial charge in [0.1, 0.15) is 5.50 Å². The van der Waals surface area contributed by atoms with E-state index in [0.29, 0.717) is 24.4 Å². The predicted octanol–water partition coefficient (Wildman–Crippen LogP) is 2.07. The first-order chi connectivity index (χ1) is 18.2. The first kappa shape index (κ1) is 28.2. The van der Waals surface area contributed by atoms with Crippen LogP contribution in [0.4, 0.5) is 0 Å². The van der Waals surface area contributed by atoms with E-state index in [4.69, 9.17) is 9.47 Å². The summed E-state index contributed by atoms with van der Waals surface area (Å²) in [7, 11) is 1.76. The Morgan fingerprint density at radius 1 is 1.13 bits per heavy atom. The van der Waals surface area contributed by atoms with Gasteiger partial charge in [-0.3, -0.25) is 14.9 Å². The van der Waals surface area contributed by atoms with E-state index >= 15 is 0 Å². The quantitative estimate of drug-likeness (QED) is 0.444. The summed E-state index contributed by atoms with van der Waals surface area (Å²) in [5, 5.41) is 20.2. The van der Waals surface area contributed by atoms with Crippen LogP contribution in [0.1, 0.15) is 59.3 Å². The van der Waals surface area contributed by atoms with Crippen molar-refractivity contribution in [2.24, 2.45) is 29.6 Å². The number of thioether (sulfide) groups is 1. The second kappa shape index (κ2) is 12.0. The Kier molecular flexibility index (Phi) is 8.90. The number of hydrogen-bond donors (Lipinski definition) is 3. The minimum atomic E-state index is -0.146. The van der Waals surface area contributed by atoms with Gasteiger partial charge in [-0.15, -0.1) is 11.8 Å². The van der Waals surface area contributed by atoms with E-state index in [-0.39, 0.29) is 71.3 Å². The van der Waals surface area contributed by atoms with E-state index in [0.717, 1.165) is 45.1 Å². The third-order valence-corrected chi connectivity index (χ3v) is 10.8. The van der Waals surface area contributed by atoms with Crippen molar-refractivity contribution >= 4 is 23.6 Å². The number of piperidine rings is 1. The second-order valence-electron chi connectivity index (χ2n) is 12.4. The van der Waals surface area contributed by atoms with E-state index in [9.17, 15) is 14.9 Å². The topological polar surface area (TPSA) is 116 Å². The zero-order chi connectivity index (χ0) is 27.0. The highest BCUT2D eigenvalue weighted by molar-refractivity contribution is 8.00. The number of fused-ring (bicyclic) bond motifs is 1. The first-order valence-corrected chi connectivity index (χ1v) is 15.5. The van der Waals surface area contributed by atoms with Crippen LogP contribution < -0.4 is 16.0 Å². The van der Waals surface area contributed by atoms with Gasteiger partial charge in [0.15, 0.2) is 0 Å². The second-order valence-corrected chi connectivity index (χ2v) is 13.8. The van der Waals surface area contributed by atoms with Gasteiger partial charge in [-0.1, -0.05) is 0 Å². The Morgan fingerprint density at radius 3 is 2.61 bits per heavy atom. The maximum Gasteiger partial charge on any atom is 0.226 e. The Labute approximate surface area is 231 Å².